The van der Waals surface area contributed by atoms with Crippen molar-refractivity contribution >= 4 is 11.6 Å². The van der Waals surface area contributed by atoms with E-state index in [0.717, 1.165) is 17.0 Å². The number of aromatic nitrogens is 2. The lowest BCUT2D eigenvalue weighted by atomic mass is 10.1. The summed E-state index contributed by atoms with van der Waals surface area (Å²) in [7, 11) is 1.63. The molecule has 0 atom stereocenters. The molecule has 0 spiro atoms. The summed E-state index contributed by atoms with van der Waals surface area (Å²) in [6.07, 6.45) is 6.57. The Kier molecular flexibility index (Phi) is 4.81. The Morgan fingerprint density at radius 1 is 1.00 bits per heavy atom. The van der Waals surface area contributed by atoms with Gasteiger partial charge in [0.25, 0.3) is 5.91 Å². The van der Waals surface area contributed by atoms with Crippen LogP contribution in [-0.4, -0.2) is 23.0 Å². The van der Waals surface area contributed by atoms with Gasteiger partial charge in [0, 0.05) is 30.5 Å². The second kappa shape index (κ2) is 7.37. The molecule has 0 N–H and O–H groups in total. The first kappa shape index (κ1) is 15.7. The maximum atomic E-state index is 12.9. The minimum absolute atomic E-state index is 0.106. The first-order chi connectivity index (χ1) is 11.8. The van der Waals surface area contributed by atoms with Crippen molar-refractivity contribution in [2.45, 2.75) is 6.54 Å². The molecule has 5 heteroatoms. The highest BCUT2D eigenvalue weighted by Crippen LogP contribution is 2.20. The van der Waals surface area contributed by atoms with Gasteiger partial charge < -0.3 is 9.64 Å². The number of carbonyl (C=O) groups excluding carboxylic acids is 1. The molecule has 3 rings (SSSR count). The van der Waals surface area contributed by atoms with E-state index < -0.39 is 0 Å². The van der Waals surface area contributed by atoms with Crippen LogP contribution in [0.5, 0.6) is 5.75 Å². The predicted molar refractivity (Wildman–Crippen MR) is 92.0 cm³/mol. The van der Waals surface area contributed by atoms with E-state index in [1.807, 2.05) is 36.4 Å². The molecule has 0 bridgehead atoms. The van der Waals surface area contributed by atoms with Crippen molar-refractivity contribution in [3.8, 4) is 5.75 Å². The van der Waals surface area contributed by atoms with Crippen LogP contribution >= 0.6 is 0 Å². The second-order valence-corrected chi connectivity index (χ2v) is 5.19. The summed E-state index contributed by atoms with van der Waals surface area (Å²) in [6.45, 7) is 0.446. The van der Waals surface area contributed by atoms with Crippen LogP contribution in [0.3, 0.4) is 0 Å². The molecule has 2 heterocycles. The van der Waals surface area contributed by atoms with Crippen molar-refractivity contribution in [1.29, 1.82) is 0 Å². The van der Waals surface area contributed by atoms with E-state index in [-0.39, 0.29) is 5.91 Å². The number of ether oxygens (including phenoxy) is 1. The van der Waals surface area contributed by atoms with Crippen molar-refractivity contribution < 1.29 is 9.53 Å². The molecule has 0 aliphatic carbocycles. The topological polar surface area (TPSA) is 55.3 Å². The number of rotatable bonds is 5. The Bertz CT molecular complexity index is 790. The van der Waals surface area contributed by atoms with Gasteiger partial charge in [-0.15, -0.1) is 0 Å². The normalized spacial score (nSPS) is 10.2. The van der Waals surface area contributed by atoms with Gasteiger partial charge in [-0.3, -0.25) is 14.8 Å². The van der Waals surface area contributed by atoms with Gasteiger partial charge in [0.15, 0.2) is 0 Å². The Morgan fingerprint density at radius 2 is 1.75 bits per heavy atom. The molecule has 0 unspecified atom stereocenters. The predicted octanol–water partition coefficient (Wildman–Crippen LogP) is 3.33. The molecule has 1 amide bonds. The number of nitrogens with zero attached hydrogens (tertiary/aromatic N) is 3. The molecule has 5 nitrogen and oxygen atoms in total. The highest BCUT2D eigenvalue weighted by atomic mass is 16.5. The van der Waals surface area contributed by atoms with E-state index in [9.17, 15) is 4.79 Å². The largest absolute Gasteiger partial charge is 0.497 e. The van der Waals surface area contributed by atoms with Crippen LogP contribution in [0.25, 0.3) is 0 Å². The zero-order valence-corrected chi connectivity index (χ0v) is 13.3. The zero-order valence-electron chi connectivity index (χ0n) is 13.3. The van der Waals surface area contributed by atoms with Crippen LogP contribution in [0.15, 0.2) is 73.3 Å². The van der Waals surface area contributed by atoms with Crippen LogP contribution in [-0.2, 0) is 6.54 Å². The molecule has 3 aromatic rings. The first-order valence-corrected chi connectivity index (χ1v) is 7.53. The highest BCUT2D eigenvalue weighted by molar-refractivity contribution is 6.05. The molecule has 2 aromatic heterocycles. The molecule has 0 aliphatic rings. The standard InChI is InChI=1S/C19H17N3O2/c1-24-18-6-4-15(5-7-18)14-22(17-8-11-20-12-9-17)19(23)16-3-2-10-21-13-16/h2-13H,14H2,1H3. The number of benzene rings is 1. The Morgan fingerprint density at radius 3 is 2.38 bits per heavy atom. The van der Waals surface area contributed by atoms with Crippen molar-refractivity contribution in [3.63, 3.8) is 0 Å². The summed E-state index contributed by atoms with van der Waals surface area (Å²) >= 11 is 0. The van der Waals surface area contributed by atoms with Gasteiger partial charge in [0.05, 0.1) is 19.2 Å². The number of amides is 1. The maximum Gasteiger partial charge on any atom is 0.260 e. The van der Waals surface area contributed by atoms with Crippen molar-refractivity contribution in [2.75, 3.05) is 12.0 Å². The van der Waals surface area contributed by atoms with Gasteiger partial charge >= 0.3 is 0 Å². The van der Waals surface area contributed by atoms with E-state index in [2.05, 4.69) is 9.97 Å². The summed E-state index contributed by atoms with van der Waals surface area (Å²) in [5.41, 5.74) is 2.34. The number of methoxy groups -OCH3 is 1. The van der Waals surface area contributed by atoms with Gasteiger partial charge in [-0.25, -0.2) is 0 Å². The SMILES string of the molecule is COc1ccc(CN(C(=O)c2cccnc2)c2ccncc2)cc1. The lowest BCUT2D eigenvalue weighted by molar-refractivity contribution is 0.0985. The van der Waals surface area contributed by atoms with Crippen LogP contribution < -0.4 is 9.64 Å². The fourth-order valence-electron chi connectivity index (χ4n) is 2.36. The van der Waals surface area contributed by atoms with Crippen molar-refractivity contribution in [3.05, 3.63) is 84.4 Å². The monoisotopic (exact) mass is 319 g/mol. The third kappa shape index (κ3) is 3.57. The molecular weight excluding hydrogens is 302 g/mol. The summed E-state index contributed by atoms with van der Waals surface area (Å²) < 4.78 is 5.18. The van der Waals surface area contributed by atoms with Gasteiger partial charge in [0.2, 0.25) is 0 Å². The van der Waals surface area contributed by atoms with E-state index in [0.29, 0.717) is 12.1 Å². The van der Waals surface area contributed by atoms with Crippen molar-refractivity contribution in [1.82, 2.24) is 9.97 Å². The number of hydrogen-bond acceptors (Lipinski definition) is 4. The average molecular weight is 319 g/mol. The third-order valence-electron chi connectivity index (χ3n) is 3.63. The third-order valence-corrected chi connectivity index (χ3v) is 3.63. The average Bonchev–Trinajstić information content (AvgIpc) is 2.67. The summed E-state index contributed by atoms with van der Waals surface area (Å²) in [6, 6.07) is 14.8. The Labute approximate surface area is 140 Å². The first-order valence-electron chi connectivity index (χ1n) is 7.53. The van der Waals surface area contributed by atoms with Crippen LogP contribution in [0.1, 0.15) is 15.9 Å². The fourth-order valence-corrected chi connectivity index (χ4v) is 2.36. The minimum atomic E-state index is -0.106. The highest BCUT2D eigenvalue weighted by Gasteiger charge is 2.18. The lowest BCUT2D eigenvalue weighted by Gasteiger charge is -2.23. The molecule has 0 saturated heterocycles. The van der Waals surface area contributed by atoms with Gasteiger partial charge in [0.1, 0.15) is 5.75 Å². The molecule has 0 fully saturated rings. The van der Waals surface area contributed by atoms with Crippen molar-refractivity contribution in [2.24, 2.45) is 0 Å². The van der Waals surface area contributed by atoms with E-state index in [1.54, 1.807) is 48.9 Å². The molecule has 0 aliphatic heterocycles. The van der Waals surface area contributed by atoms with Gasteiger partial charge in [-0.05, 0) is 42.0 Å². The van der Waals surface area contributed by atoms with E-state index in [1.165, 1.54) is 0 Å². The number of anilines is 1. The molecule has 0 radical (unpaired) electrons. The smallest absolute Gasteiger partial charge is 0.260 e. The number of carbonyl (C=O) groups is 1. The van der Waals surface area contributed by atoms with Gasteiger partial charge in [-0.1, -0.05) is 12.1 Å². The molecule has 0 saturated carbocycles. The summed E-state index contributed by atoms with van der Waals surface area (Å²) in [5.74, 6) is 0.679. The van der Waals surface area contributed by atoms with Gasteiger partial charge in [-0.2, -0.15) is 0 Å². The molecular formula is C19H17N3O2. The Balaban J connectivity index is 1.91. The summed E-state index contributed by atoms with van der Waals surface area (Å²) in [4.78, 5) is 22.7. The Hall–Kier alpha value is -3.21. The summed E-state index contributed by atoms with van der Waals surface area (Å²) in [5, 5.41) is 0. The molecule has 1 aromatic carbocycles. The minimum Gasteiger partial charge on any atom is -0.497 e. The maximum absolute atomic E-state index is 12.9. The fraction of sp³-hybridized carbons (Fsp3) is 0.105. The lowest BCUT2D eigenvalue weighted by Crippen LogP contribution is -2.30. The molecule has 24 heavy (non-hydrogen) atoms. The molecule has 120 valence electrons. The number of pyridine rings is 2. The van der Waals surface area contributed by atoms with E-state index >= 15 is 0 Å². The number of hydrogen-bond donors (Lipinski definition) is 0. The quantitative estimate of drug-likeness (QED) is 0.724. The second-order valence-electron chi connectivity index (χ2n) is 5.19. The zero-order chi connectivity index (χ0) is 16.8. The van der Waals surface area contributed by atoms with Crippen LogP contribution in [0.4, 0.5) is 5.69 Å². The van der Waals surface area contributed by atoms with Crippen LogP contribution in [0.2, 0.25) is 0 Å². The van der Waals surface area contributed by atoms with Crippen LogP contribution in [0, 0.1) is 0 Å². The van der Waals surface area contributed by atoms with E-state index in [4.69, 9.17) is 4.74 Å².